The molecule has 0 saturated carbocycles. The van der Waals surface area contributed by atoms with E-state index >= 15 is 0 Å². The van der Waals surface area contributed by atoms with Crippen molar-refractivity contribution in [1.29, 1.82) is 0 Å². The van der Waals surface area contributed by atoms with E-state index in [1.54, 1.807) is 56.5 Å². The summed E-state index contributed by atoms with van der Waals surface area (Å²) in [6.07, 6.45) is 0. The molecule has 184 valence electrons. The molecule has 1 amide bonds. The third-order valence-electron chi connectivity index (χ3n) is 5.29. The normalized spacial score (nSPS) is 11.0. The van der Waals surface area contributed by atoms with Crippen LogP contribution in [0.5, 0.6) is 5.75 Å². The summed E-state index contributed by atoms with van der Waals surface area (Å²) in [4.78, 5) is 24.7. The SMILES string of the molecule is COC(=O)c1cccc(S(=O)(=O)N(CC(=O)NCc2ccc(OC)cc2)c2cccc(Cl)c2C)c1. The zero-order chi connectivity index (χ0) is 25.6. The van der Waals surface area contributed by atoms with Gasteiger partial charge < -0.3 is 14.8 Å². The largest absolute Gasteiger partial charge is 0.497 e. The van der Waals surface area contributed by atoms with Crippen molar-refractivity contribution < 1.29 is 27.5 Å². The van der Waals surface area contributed by atoms with Crippen LogP contribution in [0.2, 0.25) is 5.02 Å². The van der Waals surface area contributed by atoms with Crippen molar-refractivity contribution in [3.05, 3.63) is 88.4 Å². The molecule has 0 radical (unpaired) electrons. The highest BCUT2D eigenvalue weighted by atomic mass is 35.5. The summed E-state index contributed by atoms with van der Waals surface area (Å²) in [7, 11) is -1.49. The van der Waals surface area contributed by atoms with Crippen LogP contribution in [-0.2, 0) is 26.1 Å². The van der Waals surface area contributed by atoms with Gasteiger partial charge in [-0.1, -0.05) is 35.9 Å². The fourth-order valence-corrected chi connectivity index (χ4v) is 5.02. The number of carbonyl (C=O) groups excluding carboxylic acids is 2. The van der Waals surface area contributed by atoms with Gasteiger partial charge in [-0.3, -0.25) is 9.10 Å². The van der Waals surface area contributed by atoms with Crippen molar-refractivity contribution in [1.82, 2.24) is 5.32 Å². The van der Waals surface area contributed by atoms with E-state index in [0.717, 1.165) is 9.87 Å². The van der Waals surface area contributed by atoms with Crippen LogP contribution in [0.1, 0.15) is 21.5 Å². The number of nitrogens with one attached hydrogen (secondary N) is 1. The van der Waals surface area contributed by atoms with Crippen molar-refractivity contribution in [2.24, 2.45) is 0 Å². The Kier molecular flexibility index (Phi) is 8.37. The Hall–Kier alpha value is -3.56. The highest BCUT2D eigenvalue weighted by Gasteiger charge is 2.29. The maximum Gasteiger partial charge on any atom is 0.337 e. The monoisotopic (exact) mass is 516 g/mol. The van der Waals surface area contributed by atoms with Crippen LogP contribution in [0.3, 0.4) is 0 Å². The van der Waals surface area contributed by atoms with Gasteiger partial charge in [-0.15, -0.1) is 0 Å². The lowest BCUT2D eigenvalue weighted by atomic mass is 10.2. The first-order valence-electron chi connectivity index (χ1n) is 10.5. The third kappa shape index (κ3) is 6.12. The summed E-state index contributed by atoms with van der Waals surface area (Å²) >= 11 is 6.25. The molecular formula is C25H25ClN2O6S. The summed E-state index contributed by atoms with van der Waals surface area (Å²) in [6.45, 7) is 1.37. The third-order valence-corrected chi connectivity index (χ3v) is 7.45. The summed E-state index contributed by atoms with van der Waals surface area (Å²) in [5.41, 5.74) is 1.63. The molecule has 3 aromatic carbocycles. The Labute approximate surface area is 209 Å². The van der Waals surface area contributed by atoms with Crippen molar-refractivity contribution in [2.75, 3.05) is 25.1 Å². The molecule has 8 nitrogen and oxygen atoms in total. The van der Waals surface area contributed by atoms with E-state index in [0.29, 0.717) is 16.3 Å². The second-order valence-corrected chi connectivity index (χ2v) is 9.81. The highest BCUT2D eigenvalue weighted by molar-refractivity contribution is 7.92. The molecule has 0 heterocycles. The molecule has 10 heteroatoms. The lowest BCUT2D eigenvalue weighted by molar-refractivity contribution is -0.119. The number of methoxy groups -OCH3 is 2. The molecule has 0 bridgehead atoms. The average molecular weight is 517 g/mol. The predicted octanol–water partition coefficient (Wildman–Crippen LogP) is 3.96. The van der Waals surface area contributed by atoms with Gasteiger partial charge in [0.1, 0.15) is 12.3 Å². The first-order valence-corrected chi connectivity index (χ1v) is 12.3. The van der Waals surface area contributed by atoms with Gasteiger partial charge in [-0.2, -0.15) is 0 Å². The van der Waals surface area contributed by atoms with Crippen LogP contribution in [-0.4, -0.2) is 41.1 Å². The molecule has 0 aromatic heterocycles. The minimum atomic E-state index is -4.26. The van der Waals surface area contributed by atoms with Gasteiger partial charge in [0, 0.05) is 11.6 Å². The Balaban J connectivity index is 1.93. The highest BCUT2D eigenvalue weighted by Crippen LogP contribution is 2.31. The molecule has 1 N–H and O–H groups in total. The van der Waals surface area contributed by atoms with Gasteiger partial charge in [0.25, 0.3) is 10.0 Å². The lowest BCUT2D eigenvalue weighted by Gasteiger charge is -2.26. The molecule has 0 unspecified atom stereocenters. The first-order chi connectivity index (χ1) is 16.7. The molecule has 0 spiro atoms. The van der Waals surface area contributed by atoms with E-state index in [1.165, 1.54) is 31.4 Å². The minimum absolute atomic E-state index is 0.0697. The average Bonchev–Trinajstić information content (AvgIpc) is 2.87. The Bertz CT molecular complexity index is 1330. The number of rotatable bonds is 9. The topological polar surface area (TPSA) is 102 Å². The zero-order valence-corrected chi connectivity index (χ0v) is 21.0. The van der Waals surface area contributed by atoms with E-state index in [2.05, 4.69) is 5.32 Å². The van der Waals surface area contributed by atoms with Gasteiger partial charge in [0.2, 0.25) is 5.91 Å². The summed E-state index contributed by atoms with van der Waals surface area (Å²) < 4.78 is 38.2. The van der Waals surface area contributed by atoms with Crippen LogP contribution in [0.4, 0.5) is 5.69 Å². The lowest BCUT2D eigenvalue weighted by Crippen LogP contribution is -2.41. The van der Waals surface area contributed by atoms with Crippen molar-refractivity contribution in [3.8, 4) is 5.75 Å². The number of halogens is 1. The maximum atomic E-state index is 13.7. The molecule has 35 heavy (non-hydrogen) atoms. The first kappa shape index (κ1) is 26.1. The van der Waals surface area contributed by atoms with Gasteiger partial charge in [0.05, 0.1) is 30.4 Å². The maximum absolute atomic E-state index is 13.7. The summed E-state index contributed by atoms with van der Waals surface area (Å²) in [6, 6.07) is 17.4. The molecule has 3 rings (SSSR count). The van der Waals surface area contributed by atoms with Crippen LogP contribution >= 0.6 is 11.6 Å². The molecule has 0 aliphatic rings. The molecule has 3 aromatic rings. The van der Waals surface area contributed by atoms with E-state index in [-0.39, 0.29) is 22.7 Å². The number of ether oxygens (including phenoxy) is 2. The van der Waals surface area contributed by atoms with Crippen LogP contribution < -0.4 is 14.4 Å². The molecule has 0 atom stereocenters. The number of amides is 1. The number of nitrogens with zero attached hydrogens (tertiary/aromatic N) is 1. The van der Waals surface area contributed by atoms with E-state index < -0.39 is 28.4 Å². The van der Waals surface area contributed by atoms with Crippen molar-refractivity contribution in [2.45, 2.75) is 18.4 Å². The smallest absolute Gasteiger partial charge is 0.337 e. The number of hydrogen-bond donors (Lipinski definition) is 1. The quantitative estimate of drug-likeness (QED) is 0.432. The molecular weight excluding hydrogens is 492 g/mol. The van der Waals surface area contributed by atoms with Gasteiger partial charge in [-0.25, -0.2) is 13.2 Å². The van der Waals surface area contributed by atoms with Crippen LogP contribution in [0, 0.1) is 6.92 Å². The summed E-state index contributed by atoms with van der Waals surface area (Å²) in [5.74, 6) is -0.513. The Morgan fingerprint density at radius 1 is 1.00 bits per heavy atom. The number of anilines is 1. The second kappa shape index (κ2) is 11.2. The van der Waals surface area contributed by atoms with Gasteiger partial charge >= 0.3 is 5.97 Å². The zero-order valence-electron chi connectivity index (χ0n) is 19.4. The Morgan fingerprint density at radius 3 is 2.34 bits per heavy atom. The second-order valence-electron chi connectivity index (χ2n) is 7.54. The number of sulfonamides is 1. The van der Waals surface area contributed by atoms with Crippen LogP contribution in [0.25, 0.3) is 0 Å². The van der Waals surface area contributed by atoms with Crippen molar-refractivity contribution in [3.63, 3.8) is 0 Å². The van der Waals surface area contributed by atoms with Crippen molar-refractivity contribution >= 4 is 39.2 Å². The fraction of sp³-hybridized carbons (Fsp3) is 0.200. The molecule has 0 aliphatic heterocycles. The molecule has 0 fully saturated rings. The standard InChI is InChI=1S/C25H25ClN2O6S/c1-17-22(26)8-5-9-23(17)28(16-24(29)27-15-18-10-12-20(33-2)13-11-18)35(31,32)21-7-4-6-19(14-21)25(30)34-3/h4-14H,15-16H2,1-3H3,(H,27,29). The van der Waals surface area contributed by atoms with Gasteiger partial charge in [0.15, 0.2) is 0 Å². The minimum Gasteiger partial charge on any atom is -0.497 e. The van der Waals surface area contributed by atoms with E-state index in [4.69, 9.17) is 21.1 Å². The number of carbonyl (C=O) groups is 2. The molecule has 0 saturated heterocycles. The predicted molar refractivity (Wildman–Crippen MR) is 133 cm³/mol. The van der Waals surface area contributed by atoms with E-state index in [9.17, 15) is 18.0 Å². The fourth-order valence-electron chi connectivity index (χ4n) is 3.32. The number of hydrogen-bond acceptors (Lipinski definition) is 6. The number of benzene rings is 3. The van der Waals surface area contributed by atoms with Crippen LogP contribution in [0.15, 0.2) is 71.6 Å². The number of esters is 1. The molecule has 0 aliphatic carbocycles. The summed E-state index contributed by atoms with van der Waals surface area (Å²) in [5, 5.41) is 3.09. The van der Waals surface area contributed by atoms with E-state index in [1.807, 2.05) is 0 Å². The Morgan fingerprint density at radius 2 is 1.69 bits per heavy atom. The van der Waals surface area contributed by atoms with Gasteiger partial charge in [-0.05, 0) is 60.5 Å².